The van der Waals surface area contributed by atoms with Crippen LogP contribution in [0.1, 0.15) is 47.1 Å². The lowest BCUT2D eigenvalue weighted by Crippen LogP contribution is -2.66. The Morgan fingerprint density at radius 2 is 1.50 bits per heavy atom. The Balaban J connectivity index is 1.84. The van der Waals surface area contributed by atoms with Gasteiger partial charge in [-0.2, -0.15) is 0 Å². The van der Waals surface area contributed by atoms with Crippen LogP contribution in [-0.4, -0.2) is 76.6 Å². The Labute approximate surface area is 180 Å². The summed E-state index contributed by atoms with van der Waals surface area (Å²) in [5, 5.41) is 0. The molecule has 0 N–H and O–H groups in total. The van der Waals surface area contributed by atoms with E-state index in [-0.39, 0.29) is 18.4 Å². The first kappa shape index (κ1) is 22.4. The number of nitrogens with zero attached hydrogens (tertiary/aromatic N) is 3. The summed E-state index contributed by atoms with van der Waals surface area (Å²) in [5.41, 5.74) is 0.124. The number of piperazine rings is 1. The van der Waals surface area contributed by atoms with Crippen LogP contribution < -0.4 is 0 Å². The normalized spacial score (nSPS) is 24.4. The molecule has 0 aliphatic carbocycles. The van der Waals surface area contributed by atoms with E-state index in [9.17, 15) is 9.59 Å². The number of rotatable bonds is 2. The van der Waals surface area contributed by atoms with Crippen LogP contribution in [-0.2, 0) is 16.0 Å². The summed E-state index contributed by atoms with van der Waals surface area (Å²) in [6.45, 7) is 15.4. The highest BCUT2D eigenvalue weighted by Gasteiger charge is 2.53. The second kappa shape index (κ2) is 8.10. The first-order chi connectivity index (χ1) is 13.9. The van der Waals surface area contributed by atoms with E-state index in [0.29, 0.717) is 19.6 Å². The number of carbonyl (C=O) groups excluding carboxylic acids is 2. The Hall–Kier alpha value is -2.28. The fourth-order valence-corrected chi connectivity index (χ4v) is 4.28. The number of quaternary nitrogens is 1. The van der Waals surface area contributed by atoms with E-state index in [1.54, 1.807) is 4.90 Å². The molecule has 0 radical (unpaired) electrons. The van der Waals surface area contributed by atoms with E-state index in [4.69, 9.17) is 9.47 Å². The van der Waals surface area contributed by atoms with E-state index in [1.807, 2.05) is 64.6 Å². The van der Waals surface area contributed by atoms with Gasteiger partial charge in [0.15, 0.2) is 6.17 Å². The summed E-state index contributed by atoms with van der Waals surface area (Å²) in [4.78, 5) is 29.3. The molecule has 2 aliphatic rings. The van der Waals surface area contributed by atoms with E-state index in [2.05, 4.69) is 12.1 Å². The molecule has 2 unspecified atom stereocenters. The Morgan fingerprint density at radius 1 is 0.933 bits per heavy atom. The summed E-state index contributed by atoms with van der Waals surface area (Å²) in [7, 11) is 0. The quantitative estimate of drug-likeness (QED) is 0.685. The zero-order chi connectivity index (χ0) is 22.2. The molecule has 0 aromatic heterocycles. The Bertz CT molecular complexity index is 769. The average molecular weight is 419 g/mol. The van der Waals surface area contributed by atoms with E-state index in [0.717, 1.165) is 24.1 Å². The molecule has 2 amide bonds. The highest BCUT2D eigenvalue weighted by Crippen LogP contribution is 2.33. The predicted octanol–water partition coefficient (Wildman–Crippen LogP) is 3.83. The SMILES string of the molecule is CC(C)(C)OC(=O)N1CC[N+]2(Cc3ccccc3)CCN(C(=O)OC(C)(C)C)C2C1. The van der Waals surface area contributed by atoms with Crippen molar-refractivity contribution in [1.29, 1.82) is 0 Å². The second-order valence-corrected chi connectivity index (χ2v) is 10.4. The topological polar surface area (TPSA) is 59.1 Å². The molecule has 2 saturated heterocycles. The summed E-state index contributed by atoms with van der Waals surface area (Å²) < 4.78 is 12.0. The molecule has 2 aliphatic heterocycles. The molecule has 0 spiro atoms. The van der Waals surface area contributed by atoms with Gasteiger partial charge >= 0.3 is 12.2 Å². The smallest absolute Gasteiger partial charge is 0.415 e. The number of ether oxygens (including phenoxy) is 2. The van der Waals surface area contributed by atoms with Gasteiger partial charge in [0.2, 0.25) is 0 Å². The van der Waals surface area contributed by atoms with Crippen molar-refractivity contribution >= 4 is 12.2 Å². The third-order valence-corrected chi connectivity index (χ3v) is 5.60. The number of amides is 2. The first-order valence-corrected chi connectivity index (χ1v) is 10.8. The number of hydrogen-bond donors (Lipinski definition) is 0. The minimum Gasteiger partial charge on any atom is -0.444 e. The molecule has 1 aromatic carbocycles. The van der Waals surface area contributed by atoms with Gasteiger partial charge < -0.3 is 9.47 Å². The molecule has 166 valence electrons. The van der Waals surface area contributed by atoms with Gasteiger partial charge in [-0.25, -0.2) is 9.59 Å². The number of carbonyl (C=O) groups is 2. The Morgan fingerprint density at radius 3 is 2.10 bits per heavy atom. The van der Waals surface area contributed by atoms with Gasteiger partial charge in [0.05, 0.1) is 32.7 Å². The highest BCUT2D eigenvalue weighted by atomic mass is 16.6. The van der Waals surface area contributed by atoms with Crippen molar-refractivity contribution in [2.45, 2.75) is 65.5 Å². The third-order valence-electron chi connectivity index (χ3n) is 5.60. The van der Waals surface area contributed by atoms with Crippen LogP contribution in [0.3, 0.4) is 0 Å². The van der Waals surface area contributed by atoms with Crippen molar-refractivity contribution in [3.05, 3.63) is 35.9 Å². The van der Waals surface area contributed by atoms with Crippen LogP contribution in [0.5, 0.6) is 0 Å². The van der Waals surface area contributed by atoms with E-state index >= 15 is 0 Å². The van der Waals surface area contributed by atoms with E-state index in [1.165, 1.54) is 5.56 Å². The summed E-state index contributed by atoms with van der Waals surface area (Å²) in [5.74, 6) is 0. The fraction of sp³-hybridized carbons (Fsp3) is 0.652. The maximum absolute atomic E-state index is 13.0. The lowest BCUT2D eigenvalue weighted by atomic mass is 10.1. The Kier molecular flexibility index (Phi) is 6.05. The number of hydrogen-bond acceptors (Lipinski definition) is 4. The molecule has 2 fully saturated rings. The molecule has 1 aromatic rings. The molecule has 7 heteroatoms. The van der Waals surface area contributed by atoms with Crippen LogP contribution >= 0.6 is 0 Å². The van der Waals surface area contributed by atoms with Crippen LogP contribution in [0.4, 0.5) is 9.59 Å². The molecular weight excluding hydrogens is 382 g/mol. The fourth-order valence-electron chi connectivity index (χ4n) is 4.28. The molecule has 0 saturated carbocycles. The van der Waals surface area contributed by atoms with Gasteiger partial charge in [0.25, 0.3) is 0 Å². The molecule has 30 heavy (non-hydrogen) atoms. The largest absolute Gasteiger partial charge is 0.444 e. The van der Waals surface area contributed by atoms with Crippen LogP contribution in [0, 0.1) is 0 Å². The zero-order valence-electron chi connectivity index (χ0n) is 19.2. The van der Waals surface area contributed by atoms with Gasteiger partial charge in [-0.15, -0.1) is 0 Å². The molecule has 3 rings (SSSR count). The van der Waals surface area contributed by atoms with Crippen molar-refractivity contribution < 1.29 is 23.5 Å². The lowest BCUT2D eigenvalue weighted by molar-refractivity contribution is -0.960. The molecular formula is C23H36N3O4+. The van der Waals surface area contributed by atoms with Gasteiger partial charge in [-0.3, -0.25) is 14.3 Å². The van der Waals surface area contributed by atoms with Crippen molar-refractivity contribution in [2.24, 2.45) is 0 Å². The minimum absolute atomic E-state index is 0.152. The number of benzene rings is 1. The van der Waals surface area contributed by atoms with Crippen molar-refractivity contribution in [3.63, 3.8) is 0 Å². The molecule has 7 nitrogen and oxygen atoms in total. The van der Waals surface area contributed by atoms with E-state index < -0.39 is 11.2 Å². The average Bonchev–Trinajstić information content (AvgIpc) is 2.98. The van der Waals surface area contributed by atoms with Crippen LogP contribution in [0.2, 0.25) is 0 Å². The molecule has 2 atom stereocenters. The maximum Gasteiger partial charge on any atom is 0.415 e. The molecule has 2 heterocycles. The summed E-state index contributed by atoms with van der Waals surface area (Å²) >= 11 is 0. The van der Waals surface area contributed by atoms with Crippen molar-refractivity contribution in [3.8, 4) is 0 Å². The highest BCUT2D eigenvalue weighted by molar-refractivity contribution is 5.70. The second-order valence-electron chi connectivity index (χ2n) is 10.4. The predicted molar refractivity (Wildman–Crippen MR) is 115 cm³/mol. The summed E-state index contributed by atoms with van der Waals surface area (Å²) in [6, 6.07) is 10.3. The van der Waals surface area contributed by atoms with Gasteiger partial charge in [-0.05, 0) is 41.5 Å². The van der Waals surface area contributed by atoms with Gasteiger partial charge in [0.1, 0.15) is 17.7 Å². The zero-order valence-corrected chi connectivity index (χ0v) is 19.2. The van der Waals surface area contributed by atoms with Crippen LogP contribution in [0.15, 0.2) is 30.3 Å². The number of fused-ring (bicyclic) bond motifs is 1. The summed E-state index contributed by atoms with van der Waals surface area (Å²) in [6.07, 6.45) is -0.788. The first-order valence-electron chi connectivity index (χ1n) is 10.8. The lowest BCUT2D eigenvalue weighted by Gasteiger charge is -2.47. The third kappa shape index (κ3) is 5.25. The van der Waals surface area contributed by atoms with Gasteiger partial charge in [-0.1, -0.05) is 30.3 Å². The van der Waals surface area contributed by atoms with Crippen molar-refractivity contribution in [2.75, 3.05) is 32.7 Å². The molecule has 0 bridgehead atoms. The van der Waals surface area contributed by atoms with Crippen LogP contribution in [0.25, 0.3) is 0 Å². The minimum atomic E-state index is -0.561. The van der Waals surface area contributed by atoms with Gasteiger partial charge in [0, 0.05) is 5.56 Å². The monoisotopic (exact) mass is 418 g/mol. The van der Waals surface area contributed by atoms with Crippen molar-refractivity contribution in [1.82, 2.24) is 9.80 Å². The standard InChI is InChI=1S/C23H36N3O4/c1-22(2,3)29-20(27)24-12-14-26(17-18-10-8-7-9-11-18)15-13-25(19(26)16-24)21(28)30-23(4,5)6/h7-11,19H,12-17H2,1-6H3/q+1. The maximum atomic E-state index is 13.0.